The van der Waals surface area contributed by atoms with Gasteiger partial charge in [0.2, 0.25) is 5.88 Å². The molecule has 1 aromatic rings. The molecule has 0 saturated carbocycles. The Morgan fingerprint density at radius 1 is 1.42 bits per heavy atom. The molecule has 19 heavy (non-hydrogen) atoms. The second kappa shape index (κ2) is 7.46. The summed E-state index contributed by atoms with van der Waals surface area (Å²) in [7, 11) is 0. The zero-order valence-corrected chi connectivity index (χ0v) is 11.9. The molecule has 0 bridgehead atoms. The number of pyridine rings is 1. The third-order valence-electron chi connectivity index (χ3n) is 3.26. The first kappa shape index (κ1) is 14.3. The summed E-state index contributed by atoms with van der Waals surface area (Å²) < 4.78 is 11.4. The number of nitrogens with one attached hydrogen (secondary N) is 1. The van der Waals surface area contributed by atoms with Crippen molar-refractivity contribution < 1.29 is 9.47 Å². The highest BCUT2D eigenvalue weighted by Crippen LogP contribution is 2.16. The van der Waals surface area contributed by atoms with Crippen LogP contribution in [0.4, 0.5) is 0 Å². The van der Waals surface area contributed by atoms with Crippen molar-refractivity contribution in [3.05, 3.63) is 23.4 Å². The number of hydrogen-bond donors (Lipinski definition) is 1. The predicted molar refractivity (Wildman–Crippen MR) is 75.4 cm³/mol. The van der Waals surface area contributed by atoms with E-state index in [1.54, 1.807) is 0 Å². The van der Waals surface area contributed by atoms with Crippen LogP contribution in [0.15, 0.2) is 12.1 Å². The highest BCUT2D eigenvalue weighted by Gasteiger charge is 2.14. The van der Waals surface area contributed by atoms with Gasteiger partial charge in [-0.3, -0.25) is 0 Å². The number of ether oxygens (including phenoxy) is 2. The second-order valence-corrected chi connectivity index (χ2v) is 5.03. The van der Waals surface area contributed by atoms with Gasteiger partial charge in [-0.1, -0.05) is 6.92 Å². The van der Waals surface area contributed by atoms with Crippen molar-refractivity contribution in [2.75, 3.05) is 19.8 Å². The fourth-order valence-electron chi connectivity index (χ4n) is 2.27. The summed E-state index contributed by atoms with van der Waals surface area (Å²) in [4.78, 5) is 4.42. The Hall–Kier alpha value is -1.13. The van der Waals surface area contributed by atoms with E-state index in [0.29, 0.717) is 12.5 Å². The van der Waals surface area contributed by atoms with E-state index < -0.39 is 0 Å². The summed E-state index contributed by atoms with van der Waals surface area (Å²) in [5.41, 5.74) is 2.21. The first-order valence-corrected chi connectivity index (χ1v) is 7.20. The maximum atomic E-state index is 5.78. The van der Waals surface area contributed by atoms with Crippen LogP contribution in [0, 0.1) is 6.92 Å². The van der Waals surface area contributed by atoms with Crippen LogP contribution in [-0.2, 0) is 11.3 Å². The van der Waals surface area contributed by atoms with E-state index in [1.165, 1.54) is 18.4 Å². The molecule has 1 unspecified atom stereocenters. The van der Waals surface area contributed by atoms with E-state index in [0.717, 1.165) is 31.8 Å². The van der Waals surface area contributed by atoms with Crippen LogP contribution in [0.3, 0.4) is 0 Å². The first-order valence-electron chi connectivity index (χ1n) is 7.20. The molecule has 1 saturated heterocycles. The minimum absolute atomic E-state index is 0.230. The molecule has 1 N–H and O–H groups in total. The molecule has 2 heterocycles. The van der Waals surface area contributed by atoms with Gasteiger partial charge in [0, 0.05) is 24.9 Å². The summed E-state index contributed by atoms with van der Waals surface area (Å²) in [5.74, 6) is 0.710. The van der Waals surface area contributed by atoms with Gasteiger partial charge in [-0.2, -0.15) is 0 Å². The third kappa shape index (κ3) is 4.80. The zero-order chi connectivity index (χ0) is 13.5. The van der Waals surface area contributed by atoms with E-state index >= 15 is 0 Å². The Bertz CT molecular complexity index is 390. The molecule has 0 spiro atoms. The summed E-state index contributed by atoms with van der Waals surface area (Å²) >= 11 is 0. The van der Waals surface area contributed by atoms with Crippen molar-refractivity contribution in [1.82, 2.24) is 10.3 Å². The average molecular weight is 264 g/mol. The van der Waals surface area contributed by atoms with Crippen LogP contribution in [0.2, 0.25) is 0 Å². The van der Waals surface area contributed by atoms with E-state index in [-0.39, 0.29) is 6.10 Å². The number of hydrogen-bond acceptors (Lipinski definition) is 4. The molecule has 1 aromatic heterocycles. The largest absolute Gasteiger partial charge is 0.475 e. The standard InChI is InChI=1S/C15H24N2O2/c1-3-16-10-13-8-12(2)17-15(9-13)19-11-14-6-4-5-7-18-14/h8-9,14,16H,3-7,10-11H2,1-2H3. The smallest absolute Gasteiger partial charge is 0.213 e. The van der Waals surface area contributed by atoms with Gasteiger partial charge >= 0.3 is 0 Å². The van der Waals surface area contributed by atoms with Crippen molar-refractivity contribution in [2.24, 2.45) is 0 Å². The third-order valence-corrected chi connectivity index (χ3v) is 3.26. The summed E-state index contributed by atoms with van der Waals surface area (Å²) in [5, 5.41) is 3.32. The minimum Gasteiger partial charge on any atom is -0.475 e. The zero-order valence-electron chi connectivity index (χ0n) is 11.9. The minimum atomic E-state index is 0.230. The van der Waals surface area contributed by atoms with Crippen LogP contribution in [0.25, 0.3) is 0 Å². The molecule has 0 amide bonds. The normalized spacial score (nSPS) is 19.4. The maximum absolute atomic E-state index is 5.78. The Kier molecular flexibility index (Phi) is 5.61. The van der Waals surface area contributed by atoms with Gasteiger partial charge in [-0.15, -0.1) is 0 Å². The molecule has 1 atom stereocenters. The summed E-state index contributed by atoms with van der Waals surface area (Å²) in [6.07, 6.45) is 3.73. The lowest BCUT2D eigenvalue weighted by Crippen LogP contribution is -2.26. The number of nitrogens with zero attached hydrogens (tertiary/aromatic N) is 1. The molecule has 4 heteroatoms. The highest BCUT2D eigenvalue weighted by molar-refractivity contribution is 5.24. The quantitative estimate of drug-likeness (QED) is 0.857. The van der Waals surface area contributed by atoms with Crippen LogP contribution >= 0.6 is 0 Å². The lowest BCUT2D eigenvalue weighted by atomic mass is 10.1. The SMILES string of the molecule is CCNCc1cc(C)nc(OCC2CCCCO2)c1. The van der Waals surface area contributed by atoms with Gasteiger partial charge < -0.3 is 14.8 Å². The lowest BCUT2D eigenvalue weighted by Gasteiger charge is -2.22. The van der Waals surface area contributed by atoms with E-state index in [2.05, 4.69) is 23.3 Å². The van der Waals surface area contributed by atoms with Gasteiger partial charge in [-0.25, -0.2) is 4.98 Å². The Balaban J connectivity index is 1.89. The van der Waals surface area contributed by atoms with Crippen molar-refractivity contribution in [3.63, 3.8) is 0 Å². The fraction of sp³-hybridized carbons (Fsp3) is 0.667. The number of aromatic nitrogens is 1. The van der Waals surface area contributed by atoms with Gasteiger partial charge in [0.15, 0.2) is 0 Å². The van der Waals surface area contributed by atoms with Crippen LogP contribution in [0.1, 0.15) is 37.4 Å². The highest BCUT2D eigenvalue weighted by atomic mass is 16.5. The Labute approximate surface area is 115 Å². The van der Waals surface area contributed by atoms with E-state index in [4.69, 9.17) is 9.47 Å². The van der Waals surface area contributed by atoms with Gasteiger partial charge in [0.25, 0.3) is 0 Å². The Morgan fingerprint density at radius 2 is 2.32 bits per heavy atom. The predicted octanol–water partition coefficient (Wildman–Crippen LogP) is 2.45. The molecular weight excluding hydrogens is 240 g/mol. The van der Waals surface area contributed by atoms with Crippen LogP contribution in [-0.4, -0.2) is 30.8 Å². The maximum Gasteiger partial charge on any atom is 0.213 e. The molecular formula is C15H24N2O2. The molecule has 0 radical (unpaired) electrons. The van der Waals surface area contributed by atoms with Crippen molar-refractivity contribution in [3.8, 4) is 5.88 Å². The van der Waals surface area contributed by atoms with Crippen molar-refractivity contribution in [1.29, 1.82) is 0 Å². The van der Waals surface area contributed by atoms with Gasteiger partial charge in [-0.05, 0) is 44.4 Å². The molecule has 1 fully saturated rings. The fourth-order valence-corrected chi connectivity index (χ4v) is 2.27. The van der Waals surface area contributed by atoms with Gasteiger partial charge in [0.1, 0.15) is 6.61 Å². The Morgan fingerprint density at radius 3 is 3.05 bits per heavy atom. The monoisotopic (exact) mass is 264 g/mol. The van der Waals surface area contributed by atoms with E-state index in [9.17, 15) is 0 Å². The van der Waals surface area contributed by atoms with Crippen LogP contribution < -0.4 is 10.1 Å². The molecule has 1 aliphatic rings. The average Bonchev–Trinajstić information content (AvgIpc) is 2.43. The molecule has 0 aliphatic carbocycles. The molecule has 0 aromatic carbocycles. The number of rotatable bonds is 6. The molecule has 1 aliphatic heterocycles. The summed E-state index contributed by atoms with van der Waals surface area (Å²) in [6, 6.07) is 4.10. The van der Waals surface area contributed by atoms with Gasteiger partial charge in [0.05, 0.1) is 6.10 Å². The molecule has 106 valence electrons. The van der Waals surface area contributed by atoms with Crippen LogP contribution in [0.5, 0.6) is 5.88 Å². The second-order valence-electron chi connectivity index (χ2n) is 5.03. The topological polar surface area (TPSA) is 43.4 Å². The summed E-state index contributed by atoms with van der Waals surface area (Å²) in [6.45, 7) is 7.40. The first-order chi connectivity index (χ1) is 9.28. The lowest BCUT2D eigenvalue weighted by molar-refractivity contribution is -0.0119. The molecule has 2 rings (SSSR count). The number of aryl methyl sites for hydroxylation is 1. The van der Waals surface area contributed by atoms with E-state index in [1.807, 2.05) is 13.0 Å². The molecule has 4 nitrogen and oxygen atoms in total. The van der Waals surface area contributed by atoms with Crippen molar-refractivity contribution in [2.45, 2.75) is 45.8 Å². The van der Waals surface area contributed by atoms with Crippen molar-refractivity contribution >= 4 is 0 Å².